The summed E-state index contributed by atoms with van der Waals surface area (Å²) in [5.74, 6) is -0.721. The summed E-state index contributed by atoms with van der Waals surface area (Å²) < 4.78 is 29.4. The van der Waals surface area contributed by atoms with Crippen molar-refractivity contribution in [3.63, 3.8) is 0 Å². The monoisotopic (exact) mass is 372 g/mol. The number of piperidine rings is 1. The van der Waals surface area contributed by atoms with Crippen LogP contribution in [0.1, 0.15) is 26.2 Å². The number of halogens is 2. The molecule has 1 amide bonds. The van der Waals surface area contributed by atoms with Gasteiger partial charge in [-0.15, -0.1) is 0 Å². The van der Waals surface area contributed by atoms with E-state index in [9.17, 15) is 18.7 Å². The largest absolute Gasteiger partial charge is 0.386 e. The number of hydrogen-bond acceptors (Lipinski definition) is 2. The minimum Gasteiger partial charge on any atom is -0.386 e. The van der Waals surface area contributed by atoms with Crippen molar-refractivity contribution >= 4 is 27.7 Å². The Bertz CT molecular complexity index is 967. The maximum Gasteiger partial charge on any atom is 0.222 e. The van der Waals surface area contributed by atoms with Gasteiger partial charge in [0.05, 0.1) is 18.7 Å². The van der Waals surface area contributed by atoms with Crippen molar-refractivity contribution in [3.05, 3.63) is 48.0 Å². The van der Waals surface area contributed by atoms with Gasteiger partial charge in [-0.05, 0) is 56.2 Å². The number of likely N-dealkylation sites (tertiary alicyclic amines) is 1. The van der Waals surface area contributed by atoms with E-state index in [0.29, 0.717) is 23.7 Å². The molecule has 0 radical (unpaired) electrons. The van der Waals surface area contributed by atoms with E-state index in [1.807, 2.05) is 4.57 Å². The van der Waals surface area contributed by atoms with Gasteiger partial charge in [0, 0.05) is 34.8 Å². The predicted octanol–water partition coefficient (Wildman–Crippen LogP) is 3.84. The van der Waals surface area contributed by atoms with Gasteiger partial charge in [0.1, 0.15) is 11.6 Å². The predicted molar refractivity (Wildman–Crippen MR) is 100 cm³/mol. The summed E-state index contributed by atoms with van der Waals surface area (Å²) >= 11 is 0. The number of β-amino-alcohol motifs (C(OH)–C–C–N with tert-alkyl or cyclic N) is 1. The first-order valence-electron chi connectivity index (χ1n) is 9.21. The van der Waals surface area contributed by atoms with Crippen LogP contribution in [0.2, 0.25) is 0 Å². The fourth-order valence-electron chi connectivity index (χ4n) is 4.05. The van der Waals surface area contributed by atoms with Crippen LogP contribution in [0.15, 0.2) is 36.4 Å². The molecule has 1 atom stereocenters. The summed E-state index contributed by atoms with van der Waals surface area (Å²) in [6, 6.07) is 8.77. The van der Waals surface area contributed by atoms with Gasteiger partial charge in [-0.3, -0.25) is 4.79 Å². The minimum atomic E-state index is -1.17. The Hall–Kier alpha value is -2.47. The number of benzene rings is 2. The van der Waals surface area contributed by atoms with E-state index in [1.165, 1.54) is 24.3 Å². The number of amides is 1. The van der Waals surface area contributed by atoms with E-state index >= 15 is 0 Å². The van der Waals surface area contributed by atoms with E-state index in [2.05, 4.69) is 0 Å². The third kappa shape index (κ3) is 3.41. The number of carbonyl (C=O) groups is 1. The number of carbonyl (C=O) groups excluding carboxylic acids is 1. The Labute approximate surface area is 156 Å². The second-order valence-electron chi connectivity index (χ2n) is 7.68. The average Bonchev–Trinajstić information content (AvgIpc) is 2.89. The first kappa shape index (κ1) is 17.9. The summed E-state index contributed by atoms with van der Waals surface area (Å²) in [6.07, 6.45) is 2.35. The fourth-order valence-corrected chi connectivity index (χ4v) is 4.05. The lowest BCUT2D eigenvalue weighted by Gasteiger charge is -2.34. The highest BCUT2D eigenvalue weighted by Crippen LogP contribution is 2.31. The van der Waals surface area contributed by atoms with Gasteiger partial charge in [-0.2, -0.15) is 0 Å². The van der Waals surface area contributed by atoms with Crippen LogP contribution in [-0.2, 0) is 11.3 Å². The third-order valence-electron chi connectivity index (χ3n) is 5.24. The Balaban J connectivity index is 1.74. The molecule has 3 aromatic rings. The zero-order valence-corrected chi connectivity index (χ0v) is 15.2. The number of aliphatic hydroxyl groups is 1. The van der Waals surface area contributed by atoms with Gasteiger partial charge in [-0.25, -0.2) is 8.78 Å². The van der Waals surface area contributed by atoms with Crippen LogP contribution in [0.3, 0.4) is 0 Å². The molecule has 4 rings (SSSR count). The second kappa shape index (κ2) is 6.60. The summed E-state index contributed by atoms with van der Waals surface area (Å²) in [4.78, 5) is 13.8. The normalized spacial score (nSPS) is 17.6. The minimum absolute atomic E-state index is 0.0629. The van der Waals surface area contributed by atoms with Crippen molar-refractivity contribution in [2.45, 2.75) is 38.3 Å². The first-order valence-corrected chi connectivity index (χ1v) is 9.21. The van der Waals surface area contributed by atoms with E-state index in [1.54, 1.807) is 24.0 Å². The highest BCUT2D eigenvalue weighted by atomic mass is 19.1. The molecule has 6 heteroatoms. The summed E-state index contributed by atoms with van der Waals surface area (Å²) in [7, 11) is 0. The molecule has 0 aliphatic carbocycles. The molecule has 1 aliphatic heterocycles. The molecule has 2 heterocycles. The van der Waals surface area contributed by atoms with E-state index < -0.39 is 17.2 Å². The van der Waals surface area contributed by atoms with Gasteiger partial charge in [0.15, 0.2) is 0 Å². The zero-order chi connectivity index (χ0) is 19.2. The van der Waals surface area contributed by atoms with Crippen molar-refractivity contribution in [1.82, 2.24) is 9.47 Å². The standard InChI is InChI=1S/C21H22F2N2O2/c1-21(27,12-24-9-3-2-4-20(24)26)13-25-18-7-5-14(22)10-16(18)17-11-15(23)6-8-19(17)25/h5-8,10-11,27H,2-4,9,12-13H2,1H3. The average molecular weight is 372 g/mol. The number of hydrogen-bond donors (Lipinski definition) is 1. The molecular formula is C21H22F2N2O2. The molecule has 0 saturated carbocycles. The molecule has 142 valence electrons. The first-order chi connectivity index (χ1) is 12.8. The van der Waals surface area contributed by atoms with E-state index in [0.717, 1.165) is 23.9 Å². The molecule has 1 unspecified atom stereocenters. The van der Waals surface area contributed by atoms with Crippen LogP contribution in [0.5, 0.6) is 0 Å². The van der Waals surface area contributed by atoms with Crippen LogP contribution >= 0.6 is 0 Å². The molecule has 1 aromatic heterocycles. The number of rotatable bonds is 4. The van der Waals surface area contributed by atoms with Crippen LogP contribution in [0.25, 0.3) is 21.8 Å². The van der Waals surface area contributed by atoms with Gasteiger partial charge in [0.2, 0.25) is 5.91 Å². The quantitative estimate of drug-likeness (QED) is 0.756. The topological polar surface area (TPSA) is 45.5 Å². The highest BCUT2D eigenvalue weighted by molar-refractivity contribution is 6.08. The molecule has 1 N–H and O–H groups in total. The molecule has 0 bridgehead atoms. The summed E-state index contributed by atoms with van der Waals surface area (Å²) in [5, 5.41) is 12.2. The lowest BCUT2D eigenvalue weighted by atomic mass is 10.0. The highest BCUT2D eigenvalue weighted by Gasteiger charge is 2.30. The van der Waals surface area contributed by atoms with Gasteiger partial charge in [0.25, 0.3) is 0 Å². The van der Waals surface area contributed by atoms with Gasteiger partial charge in [-0.1, -0.05) is 0 Å². The molecule has 1 fully saturated rings. The smallest absolute Gasteiger partial charge is 0.222 e. The number of fused-ring (bicyclic) bond motifs is 3. The van der Waals surface area contributed by atoms with E-state index in [-0.39, 0.29) is 19.0 Å². The Morgan fingerprint density at radius 2 is 1.59 bits per heavy atom. The number of nitrogens with zero attached hydrogens (tertiary/aromatic N) is 2. The van der Waals surface area contributed by atoms with Gasteiger partial charge >= 0.3 is 0 Å². The summed E-state index contributed by atoms with van der Waals surface area (Å²) in [5.41, 5.74) is 0.277. The summed E-state index contributed by atoms with van der Waals surface area (Å²) in [6.45, 7) is 2.79. The maximum absolute atomic E-state index is 13.8. The van der Waals surface area contributed by atoms with Crippen molar-refractivity contribution in [1.29, 1.82) is 0 Å². The molecule has 4 nitrogen and oxygen atoms in total. The van der Waals surface area contributed by atoms with Crippen LogP contribution in [0.4, 0.5) is 8.78 Å². The molecule has 1 saturated heterocycles. The molecule has 0 spiro atoms. The van der Waals surface area contributed by atoms with Crippen molar-refractivity contribution in [2.24, 2.45) is 0 Å². The lowest BCUT2D eigenvalue weighted by molar-refractivity contribution is -0.137. The maximum atomic E-state index is 13.8. The number of aromatic nitrogens is 1. The van der Waals surface area contributed by atoms with Gasteiger partial charge < -0.3 is 14.6 Å². The molecule has 2 aromatic carbocycles. The van der Waals surface area contributed by atoms with Crippen LogP contribution < -0.4 is 0 Å². The van der Waals surface area contributed by atoms with Crippen LogP contribution in [-0.4, -0.2) is 39.2 Å². The Morgan fingerprint density at radius 1 is 1.00 bits per heavy atom. The molecule has 27 heavy (non-hydrogen) atoms. The van der Waals surface area contributed by atoms with Crippen molar-refractivity contribution < 1.29 is 18.7 Å². The van der Waals surface area contributed by atoms with Crippen LogP contribution in [0, 0.1) is 11.6 Å². The van der Waals surface area contributed by atoms with E-state index in [4.69, 9.17) is 0 Å². The Kier molecular flexibility index (Phi) is 4.38. The lowest BCUT2D eigenvalue weighted by Crippen LogP contribution is -2.47. The second-order valence-corrected chi connectivity index (χ2v) is 7.68. The zero-order valence-electron chi connectivity index (χ0n) is 15.2. The molecule has 1 aliphatic rings. The fraction of sp³-hybridized carbons (Fsp3) is 0.381. The van der Waals surface area contributed by atoms with Crippen molar-refractivity contribution in [3.8, 4) is 0 Å². The third-order valence-corrected chi connectivity index (χ3v) is 5.24. The molecular weight excluding hydrogens is 350 g/mol. The SMILES string of the molecule is CC(O)(CN1CCCCC1=O)Cn1c2ccc(F)cc2c2cc(F)ccc21. The van der Waals surface area contributed by atoms with Crippen molar-refractivity contribution in [2.75, 3.05) is 13.1 Å². The Morgan fingerprint density at radius 3 is 2.15 bits per heavy atom.